The van der Waals surface area contributed by atoms with Crippen LogP contribution in [0.4, 0.5) is 11.5 Å². The first-order chi connectivity index (χ1) is 7.74. The number of aromatic nitrogens is 1. The van der Waals surface area contributed by atoms with Crippen molar-refractivity contribution in [3.8, 4) is 0 Å². The van der Waals surface area contributed by atoms with Crippen LogP contribution in [0.25, 0.3) is 0 Å². The Balaban J connectivity index is 2.09. The zero-order valence-corrected chi connectivity index (χ0v) is 9.59. The molecule has 1 aliphatic heterocycles. The van der Waals surface area contributed by atoms with Crippen LogP contribution in [-0.2, 0) is 9.47 Å². The van der Waals surface area contributed by atoms with Crippen LogP contribution in [0.15, 0.2) is 18.3 Å². The lowest BCUT2D eigenvalue weighted by Gasteiger charge is -2.16. The van der Waals surface area contributed by atoms with E-state index in [1.54, 1.807) is 20.4 Å². The summed E-state index contributed by atoms with van der Waals surface area (Å²) < 4.78 is 10.7. The van der Waals surface area contributed by atoms with Crippen LogP contribution in [-0.4, -0.2) is 44.5 Å². The van der Waals surface area contributed by atoms with Crippen LogP contribution in [0, 0.1) is 0 Å². The quantitative estimate of drug-likeness (QED) is 0.809. The smallest absolute Gasteiger partial charge is 0.128 e. The van der Waals surface area contributed by atoms with Crippen LogP contribution < -0.4 is 10.6 Å². The summed E-state index contributed by atoms with van der Waals surface area (Å²) in [5.41, 5.74) is 6.28. The van der Waals surface area contributed by atoms with E-state index in [1.807, 2.05) is 12.1 Å². The SMILES string of the molecule is CO[C@@H]1CN(c2ccc(N)cn2)C[C@H]1OC. The molecule has 0 radical (unpaired) electrons. The van der Waals surface area contributed by atoms with Crippen molar-refractivity contribution in [2.75, 3.05) is 37.9 Å². The first kappa shape index (κ1) is 11.2. The maximum atomic E-state index is 5.60. The summed E-state index contributed by atoms with van der Waals surface area (Å²) in [4.78, 5) is 6.43. The Labute approximate surface area is 95.2 Å². The maximum Gasteiger partial charge on any atom is 0.128 e. The second-order valence-electron chi connectivity index (χ2n) is 3.90. The predicted molar refractivity (Wildman–Crippen MR) is 62.5 cm³/mol. The molecule has 2 rings (SSSR count). The fourth-order valence-electron chi connectivity index (χ4n) is 1.97. The largest absolute Gasteiger partial charge is 0.397 e. The zero-order valence-electron chi connectivity index (χ0n) is 9.59. The summed E-state index contributed by atoms with van der Waals surface area (Å²) in [7, 11) is 3.41. The number of ether oxygens (including phenoxy) is 2. The van der Waals surface area contributed by atoms with E-state index in [0.717, 1.165) is 18.9 Å². The highest BCUT2D eigenvalue weighted by Crippen LogP contribution is 2.21. The topological polar surface area (TPSA) is 60.6 Å². The molecule has 1 aromatic rings. The van der Waals surface area contributed by atoms with E-state index in [0.29, 0.717) is 5.69 Å². The molecule has 2 heterocycles. The summed E-state index contributed by atoms with van der Waals surface area (Å²) in [6, 6.07) is 3.77. The molecule has 1 aromatic heterocycles. The average molecular weight is 223 g/mol. The number of rotatable bonds is 3. The molecular weight excluding hydrogens is 206 g/mol. The Kier molecular flexibility index (Phi) is 3.26. The summed E-state index contributed by atoms with van der Waals surface area (Å²) in [6.07, 6.45) is 1.87. The molecule has 0 aliphatic carbocycles. The van der Waals surface area contributed by atoms with Crippen molar-refractivity contribution < 1.29 is 9.47 Å². The first-order valence-corrected chi connectivity index (χ1v) is 5.26. The fourth-order valence-corrected chi connectivity index (χ4v) is 1.97. The van der Waals surface area contributed by atoms with E-state index in [-0.39, 0.29) is 12.2 Å². The zero-order chi connectivity index (χ0) is 11.5. The molecule has 0 unspecified atom stereocenters. The monoisotopic (exact) mass is 223 g/mol. The molecule has 0 aromatic carbocycles. The van der Waals surface area contributed by atoms with Gasteiger partial charge in [0.25, 0.3) is 0 Å². The van der Waals surface area contributed by atoms with Gasteiger partial charge in [0, 0.05) is 27.3 Å². The molecule has 0 saturated carbocycles. The minimum absolute atomic E-state index is 0.101. The third kappa shape index (κ3) is 2.10. The Morgan fingerprint density at radius 2 is 1.88 bits per heavy atom. The summed E-state index contributed by atoms with van der Waals surface area (Å²) >= 11 is 0. The highest BCUT2D eigenvalue weighted by Gasteiger charge is 2.33. The van der Waals surface area contributed by atoms with Crippen molar-refractivity contribution in [3.63, 3.8) is 0 Å². The lowest BCUT2D eigenvalue weighted by atomic mass is 10.3. The van der Waals surface area contributed by atoms with E-state index in [2.05, 4.69) is 9.88 Å². The number of pyridine rings is 1. The molecule has 5 nitrogen and oxygen atoms in total. The molecule has 16 heavy (non-hydrogen) atoms. The van der Waals surface area contributed by atoms with E-state index in [9.17, 15) is 0 Å². The first-order valence-electron chi connectivity index (χ1n) is 5.26. The van der Waals surface area contributed by atoms with Gasteiger partial charge in [0.2, 0.25) is 0 Å². The minimum atomic E-state index is 0.101. The third-order valence-electron chi connectivity index (χ3n) is 2.92. The van der Waals surface area contributed by atoms with Gasteiger partial charge in [-0.3, -0.25) is 0 Å². The number of anilines is 2. The molecule has 1 fully saturated rings. The summed E-state index contributed by atoms with van der Waals surface area (Å²) in [5, 5.41) is 0. The third-order valence-corrected chi connectivity index (χ3v) is 2.92. The van der Waals surface area contributed by atoms with Crippen LogP contribution in [0.5, 0.6) is 0 Å². The van der Waals surface area contributed by atoms with E-state index in [1.165, 1.54) is 0 Å². The second kappa shape index (κ2) is 4.67. The van der Waals surface area contributed by atoms with Crippen LogP contribution >= 0.6 is 0 Å². The van der Waals surface area contributed by atoms with Crippen molar-refractivity contribution in [3.05, 3.63) is 18.3 Å². The van der Waals surface area contributed by atoms with Gasteiger partial charge in [-0.15, -0.1) is 0 Å². The highest BCUT2D eigenvalue weighted by molar-refractivity contribution is 5.46. The average Bonchev–Trinajstić information content (AvgIpc) is 2.73. The van der Waals surface area contributed by atoms with Gasteiger partial charge in [-0.05, 0) is 12.1 Å². The number of nitrogens with zero attached hydrogens (tertiary/aromatic N) is 2. The van der Waals surface area contributed by atoms with Crippen molar-refractivity contribution in [2.24, 2.45) is 0 Å². The lowest BCUT2D eigenvalue weighted by molar-refractivity contribution is -0.00461. The Hall–Kier alpha value is -1.33. The lowest BCUT2D eigenvalue weighted by Crippen LogP contribution is -2.27. The molecule has 0 bridgehead atoms. The van der Waals surface area contributed by atoms with Gasteiger partial charge in [-0.1, -0.05) is 0 Å². The van der Waals surface area contributed by atoms with Crippen molar-refractivity contribution in [1.29, 1.82) is 0 Å². The Morgan fingerprint density at radius 3 is 2.31 bits per heavy atom. The van der Waals surface area contributed by atoms with Gasteiger partial charge in [0.15, 0.2) is 0 Å². The van der Waals surface area contributed by atoms with Crippen molar-refractivity contribution in [2.45, 2.75) is 12.2 Å². The molecule has 2 N–H and O–H groups in total. The fraction of sp³-hybridized carbons (Fsp3) is 0.545. The second-order valence-corrected chi connectivity index (χ2v) is 3.90. The van der Waals surface area contributed by atoms with E-state index in [4.69, 9.17) is 15.2 Å². The number of methoxy groups -OCH3 is 2. The Morgan fingerprint density at radius 1 is 1.25 bits per heavy atom. The van der Waals surface area contributed by atoms with Crippen molar-refractivity contribution in [1.82, 2.24) is 4.98 Å². The van der Waals surface area contributed by atoms with E-state index >= 15 is 0 Å². The normalized spacial score (nSPS) is 25.0. The minimum Gasteiger partial charge on any atom is -0.397 e. The molecule has 1 saturated heterocycles. The summed E-state index contributed by atoms with van der Waals surface area (Å²) in [5.74, 6) is 0.913. The van der Waals surface area contributed by atoms with Gasteiger partial charge in [-0.2, -0.15) is 0 Å². The van der Waals surface area contributed by atoms with Gasteiger partial charge >= 0.3 is 0 Å². The number of nitrogen functional groups attached to an aromatic ring is 1. The molecule has 2 atom stereocenters. The van der Waals surface area contributed by atoms with Gasteiger partial charge in [0.1, 0.15) is 18.0 Å². The Bertz CT molecular complexity index is 330. The molecule has 0 spiro atoms. The molecule has 1 aliphatic rings. The number of hydrogen-bond donors (Lipinski definition) is 1. The van der Waals surface area contributed by atoms with Crippen LogP contribution in [0.1, 0.15) is 0 Å². The van der Waals surface area contributed by atoms with Crippen LogP contribution in [0.3, 0.4) is 0 Å². The van der Waals surface area contributed by atoms with E-state index < -0.39 is 0 Å². The highest BCUT2D eigenvalue weighted by atomic mass is 16.5. The maximum absolute atomic E-state index is 5.60. The molecule has 88 valence electrons. The number of hydrogen-bond acceptors (Lipinski definition) is 5. The number of nitrogens with two attached hydrogens (primary N) is 1. The molecule has 0 amide bonds. The van der Waals surface area contributed by atoms with Gasteiger partial charge < -0.3 is 20.1 Å². The summed E-state index contributed by atoms with van der Waals surface area (Å²) in [6.45, 7) is 1.60. The molecule has 5 heteroatoms. The van der Waals surface area contributed by atoms with Crippen LogP contribution in [0.2, 0.25) is 0 Å². The van der Waals surface area contributed by atoms with Crippen molar-refractivity contribution >= 4 is 11.5 Å². The standard InChI is InChI=1S/C11H17N3O2/c1-15-9-6-14(7-10(9)16-2)11-4-3-8(12)5-13-11/h3-5,9-10H,6-7,12H2,1-2H3/t9-,10-/m1/s1. The van der Waals surface area contributed by atoms with Gasteiger partial charge in [0.05, 0.1) is 11.9 Å². The van der Waals surface area contributed by atoms with Gasteiger partial charge in [-0.25, -0.2) is 4.98 Å². The molecular formula is C11H17N3O2. The predicted octanol–water partition coefficient (Wildman–Crippen LogP) is 0.514.